The minimum Gasteiger partial charge on any atom is -0.479 e. The van der Waals surface area contributed by atoms with Gasteiger partial charge in [-0.05, 0) is 12.3 Å². The van der Waals surface area contributed by atoms with Crippen LogP contribution in [0.4, 0.5) is 5.95 Å². The summed E-state index contributed by atoms with van der Waals surface area (Å²) < 4.78 is 0. The van der Waals surface area contributed by atoms with Gasteiger partial charge in [0.2, 0.25) is 5.95 Å². The molecule has 1 aromatic rings. The van der Waals surface area contributed by atoms with E-state index in [0.717, 1.165) is 0 Å². The largest absolute Gasteiger partial charge is 0.479 e. The van der Waals surface area contributed by atoms with Gasteiger partial charge in [-0.1, -0.05) is 32.9 Å². The Labute approximate surface area is 136 Å². The molecule has 1 atom stereocenters. The molecule has 7 nitrogen and oxygen atoms in total. The van der Waals surface area contributed by atoms with Crippen LogP contribution in [0.15, 0.2) is 18.3 Å². The highest BCUT2D eigenvalue weighted by molar-refractivity contribution is 5.97. The molecule has 0 fully saturated rings. The Morgan fingerprint density at radius 2 is 1.96 bits per heavy atom. The maximum Gasteiger partial charge on any atom is 0.330 e. The Morgan fingerprint density at radius 3 is 2.39 bits per heavy atom. The van der Waals surface area contributed by atoms with E-state index in [9.17, 15) is 14.7 Å². The molecule has 2 N–H and O–H groups in total. The van der Waals surface area contributed by atoms with E-state index < -0.39 is 17.9 Å². The predicted octanol–water partition coefficient (Wildman–Crippen LogP) is 1.64. The Balaban J connectivity index is 2.96. The third-order valence-electron chi connectivity index (χ3n) is 2.95. The van der Waals surface area contributed by atoms with Crippen LogP contribution in [0, 0.1) is 12.3 Å². The molecule has 7 heteroatoms. The fraction of sp³-hybridized carbons (Fsp3) is 0.500. The van der Waals surface area contributed by atoms with Crippen molar-refractivity contribution in [3.63, 3.8) is 0 Å². The van der Waals surface area contributed by atoms with Gasteiger partial charge in [-0.2, -0.15) is 0 Å². The summed E-state index contributed by atoms with van der Waals surface area (Å²) >= 11 is 0. The third-order valence-corrected chi connectivity index (χ3v) is 2.95. The van der Waals surface area contributed by atoms with E-state index in [2.05, 4.69) is 15.3 Å². The van der Waals surface area contributed by atoms with Gasteiger partial charge in [-0.25, -0.2) is 14.8 Å². The van der Waals surface area contributed by atoms with Gasteiger partial charge in [-0.3, -0.25) is 4.79 Å². The van der Waals surface area contributed by atoms with E-state index in [-0.39, 0.29) is 11.0 Å². The number of nitrogens with one attached hydrogen (secondary N) is 1. The first kappa shape index (κ1) is 18.6. The summed E-state index contributed by atoms with van der Waals surface area (Å²) in [6.07, 6.45) is 4.63. The summed E-state index contributed by atoms with van der Waals surface area (Å²) in [5, 5.41) is 11.7. The second-order valence-electron chi connectivity index (χ2n) is 6.58. The molecule has 126 valence electrons. The quantitative estimate of drug-likeness (QED) is 0.801. The van der Waals surface area contributed by atoms with Gasteiger partial charge in [0.1, 0.15) is 6.04 Å². The zero-order valence-corrected chi connectivity index (χ0v) is 14.4. The number of carboxylic acids is 1. The number of aromatic nitrogens is 2. The number of aryl methyl sites for hydroxylation is 1. The average molecular weight is 320 g/mol. The van der Waals surface area contributed by atoms with Crippen LogP contribution in [0.2, 0.25) is 0 Å². The lowest BCUT2D eigenvalue weighted by Crippen LogP contribution is -2.40. The number of carboxylic acid groups (broad SMARTS) is 1. The fourth-order valence-corrected chi connectivity index (χ4v) is 1.69. The van der Waals surface area contributed by atoms with Gasteiger partial charge in [0.25, 0.3) is 5.91 Å². The first-order valence-electron chi connectivity index (χ1n) is 7.25. The summed E-state index contributed by atoms with van der Waals surface area (Å²) in [6, 6.07) is -1.10. The van der Waals surface area contributed by atoms with Crippen molar-refractivity contribution in [1.82, 2.24) is 15.3 Å². The number of amides is 1. The van der Waals surface area contributed by atoms with Crippen LogP contribution in [0.25, 0.3) is 0 Å². The van der Waals surface area contributed by atoms with Crippen molar-refractivity contribution in [2.45, 2.75) is 33.7 Å². The molecule has 0 spiro atoms. The van der Waals surface area contributed by atoms with Gasteiger partial charge in [0.05, 0.1) is 11.3 Å². The zero-order chi connectivity index (χ0) is 17.8. The molecule has 1 amide bonds. The van der Waals surface area contributed by atoms with Gasteiger partial charge < -0.3 is 15.3 Å². The molecule has 0 saturated heterocycles. The molecule has 1 unspecified atom stereocenters. The van der Waals surface area contributed by atoms with Gasteiger partial charge in [0, 0.05) is 20.3 Å². The minimum atomic E-state index is -1.12. The van der Waals surface area contributed by atoms with Crippen molar-refractivity contribution in [2.24, 2.45) is 5.41 Å². The number of carbonyl (C=O) groups is 2. The topological polar surface area (TPSA) is 95.4 Å². The highest BCUT2D eigenvalue weighted by Crippen LogP contribution is 2.15. The van der Waals surface area contributed by atoms with Crippen LogP contribution in [0.1, 0.15) is 36.8 Å². The van der Waals surface area contributed by atoms with Crippen molar-refractivity contribution >= 4 is 17.8 Å². The third kappa shape index (κ3) is 5.69. The first-order chi connectivity index (χ1) is 10.5. The number of anilines is 1. The molecule has 0 aliphatic carbocycles. The smallest absolute Gasteiger partial charge is 0.330 e. The highest BCUT2D eigenvalue weighted by atomic mass is 16.4. The number of allylic oxidation sites excluding steroid dienone is 1. The number of nitrogens with zero attached hydrogens (tertiary/aromatic N) is 3. The first-order valence-corrected chi connectivity index (χ1v) is 7.25. The second kappa shape index (κ2) is 7.21. The van der Waals surface area contributed by atoms with Crippen LogP contribution in [-0.2, 0) is 4.79 Å². The van der Waals surface area contributed by atoms with Crippen molar-refractivity contribution < 1.29 is 14.7 Å². The number of rotatable bonds is 5. The molecule has 0 saturated carbocycles. The molecule has 0 aliphatic rings. The monoisotopic (exact) mass is 320 g/mol. The molecule has 1 rings (SSSR count). The number of aliphatic carboxylic acids is 1. The highest BCUT2D eigenvalue weighted by Gasteiger charge is 2.21. The van der Waals surface area contributed by atoms with E-state index in [1.54, 1.807) is 32.0 Å². The Kier molecular flexibility index (Phi) is 5.84. The number of hydrogen-bond donors (Lipinski definition) is 2. The van der Waals surface area contributed by atoms with Crippen molar-refractivity contribution in [3.05, 3.63) is 29.6 Å². The molecular weight excluding hydrogens is 296 g/mol. The Bertz CT molecular complexity index is 618. The lowest BCUT2D eigenvalue weighted by molar-refractivity contribution is -0.137. The van der Waals surface area contributed by atoms with Gasteiger partial charge in [0.15, 0.2) is 0 Å². The zero-order valence-electron chi connectivity index (χ0n) is 14.4. The molecule has 1 aromatic heterocycles. The summed E-state index contributed by atoms with van der Waals surface area (Å²) in [6.45, 7) is 7.52. The maximum absolute atomic E-state index is 12.3. The normalized spacial score (nSPS) is 13.0. The predicted molar refractivity (Wildman–Crippen MR) is 88.6 cm³/mol. The van der Waals surface area contributed by atoms with Gasteiger partial charge >= 0.3 is 5.97 Å². The molecule has 0 bridgehead atoms. The van der Waals surface area contributed by atoms with E-state index in [0.29, 0.717) is 11.6 Å². The summed E-state index contributed by atoms with van der Waals surface area (Å²) in [7, 11) is 3.60. The standard InChI is InChI=1S/C16H24N4O3/c1-10-11(9-17-15(18-10)20(5)6)13(21)19-12(14(22)23)7-8-16(2,3)4/h7-9,12H,1-6H3,(H,19,21)(H,22,23). The van der Waals surface area contributed by atoms with E-state index in [1.165, 1.54) is 12.3 Å². The Morgan fingerprint density at radius 1 is 1.35 bits per heavy atom. The van der Waals surface area contributed by atoms with E-state index in [1.807, 2.05) is 20.8 Å². The van der Waals surface area contributed by atoms with Crippen molar-refractivity contribution in [3.8, 4) is 0 Å². The Hall–Kier alpha value is -2.44. The summed E-state index contributed by atoms with van der Waals surface area (Å²) in [5.41, 5.74) is 0.571. The lowest BCUT2D eigenvalue weighted by atomic mass is 9.95. The van der Waals surface area contributed by atoms with Crippen LogP contribution < -0.4 is 10.2 Å². The minimum absolute atomic E-state index is 0.176. The summed E-state index contributed by atoms with van der Waals surface area (Å²) in [5.74, 6) is -1.15. The van der Waals surface area contributed by atoms with Crippen molar-refractivity contribution in [2.75, 3.05) is 19.0 Å². The molecule has 1 heterocycles. The van der Waals surface area contributed by atoms with Crippen LogP contribution in [-0.4, -0.2) is 47.1 Å². The summed E-state index contributed by atoms with van der Waals surface area (Å²) in [4.78, 5) is 33.6. The van der Waals surface area contributed by atoms with Gasteiger partial charge in [-0.15, -0.1) is 0 Å². The lowest BCUT2D eigenvalue weighted by Gasteiger charge is -2.16. The van der Waals surface area contributed by atoms with Crippen LogP contribution in [0.3, 0.4) is 0 Å². The maximum atomic E-state index is 12.3. The SMILES string of the molecule is Cc1nc(N(C)C)ncc1C(=O)NC(C=CC(C)(C)C)C(=O)O. The van der Waals surface area contributed by atoms with Crippen LogP contribution in [0.5, 0.6) is 0 Å². The molecular formula is C16H24N4O3. The molecule has 0 aliphatic heterocycles. The number of carbonyl (C=O) groups excluding carboxylic acids is 1. The van der Waals surface area contributed by atoms with E-state index >= 15 is 0 Å². The van der Waals surface area contributed by atoms with Crippen molar-refractivity contribution in [1.29, 1.82) is 0 Å². The average Bonchev–Trinajstić information content (AvgIpc) is 2.41. The number of hydrogen-bond acceptors (Lipinski definition) is 5. The second-order valence-corrected chi connectivity index (χ2v) is 6.58. The molecule has 23 heavy (non-hydrogen) atoms. The van der Waals surface area contributed by atoms with Crippen LogP contribution >= 0.6 is 0 Å². The molecule has 0 radical (unpaired) electrons. The van der Waals surface area contributed by atoms with E-state index in [4.69, 9.17) is 0 Å². The molecule has 0 aromatic carbocycles. The fourth-order valence-electron chi connectivity index (χ4n) is 1.69.